The van der Waals surface area contributed by atoms with E-state index in [-0.39, 0.29) is 5.54 Å². The number of hydrogen-bond donors (Lipinski definition) is 1. The molecule has 3 atom stereocenters. The molecule has 2 fully saturated rings. The molecular formula is C16H26N2O2S. The average molecular weight is 310 g/mol. The van der Waals surface area contributed by atoms with Gasteiger partial charge in [0.25, 0.3) is 0 Å². The molecule has 3 unspecified atom stereocenters. The van der Waals surface area contributed by atoms with Gasteiger partial charge >= 0.3 is 0 Å². The number of nitrogens with one attached hydrogen (secondary N) is 1. The van der Waals surface area contributed by atoms with Gasteiger partial charge in [-0.15, -0.1) is 11.3 Å². The molecule has 21 heavy (non-hydrogen) atoms. The highest BCUT2D eigenvalue weighted by Crippen LogP contribution is 2.45. The van der Waals surface area contributed by atoms with Crippen molar-refractivity contribution in [2.45, 2.75) is 76.9 Å². The summed E-state index contributed by atoms with van der Waals surface area (Å²) in [5, 5.41) is 4.81. The van der Waals surface area contributed by atoms with Crippen molar-refractivity contribution in [2.75, 3.05) is 7.11 Å². The Bertz CT molecular complexity index is 495. The van der Waals surface area contributed by atoms with Crippen LogP contribution in [0.1, 0.15) is 61.5 Å². The fourth-order valence-electron chi connectivity index (χ4n) is 3.19. The Morgan fingerprint density at radius 1 is 1.38 bits per heavy atom. The zero-order valence-corrected chi connectivity index (χ0v) is 14.3. The maximum atomic E-state index is 5.98. The highest BCUT2D eigenvalue weighted by atomic mass is 32.1. The Hall–Kier alpha value is -0.490. The van der Waals surface area contributed by atoms with E-state index >= 15 is 0 Å². The molecule has 3 rings (SSSR count). The van der Waals surface area contributed by atoms with Gasteiger partial charge in [-0.2, -0.15) is 0 Å². The van der Waals surface area contributed by atoms with E-state index in [2.05, 4.69) is 26.1 Å². The van der Waals surface area contributed by atoms with Crippen LogP contribution in [0, 0.1) is 0 Å². The molecule has 118 valence electrons. The van der Waals surface area contributed by atoms with Gasteiger partial charge in [0, 0.05) is 30.0 Å². The van der Waals surface area contributed by atoms with Crippen LogP contribution in [-0.4, -0.2) is 29.8 Å². The van der Waals surface area contributed by atoms with Crippen LogP contribution in [0.5, 0.6) is 0 Å². The van der Waals surface area contributed by atoms with Gasteiger partial charge in [-0.05, 0) is 40.0 Å². The van der Waals surface area contributed by atoms with Crippen molar-refractivity contribution < 1.29 is 9.47 Å². The maximum Gasteiger partial charge on any atom is 0.0990 e. The van der Waals surface area contributed by atoms with Gasteiger partial charge in [-0.3, -0.25) is 0 Å². The molecule has 0 amide bonds. The average Bonchev–Trinajstić information content (AvgIpc) is 3.10. The van der Waals surface area contributed by atoms with Crippen molar-refractivity contribution in [3.63, 3.8) is 0 Å². The first-order valence-corrected chi connectivity index (χ1v) is 8.66. The quantitative estimate of drug-likeness (QED) is 0.907. The molecule has 0 radical (unpaired) electrons. The molecule has 3 heterocycles. The van der Waals surface area contributed by atoms with E-state index in [0.717, 1.165) is 18.7 Å². The highest BCUT2D eigenvalue weighted by molar-refractivity contribution is 7.11. The number of rotatable bonds is 5. The van der Waals surface area contributed by atoms with Gasteiger partial charge in [-0.1, -0.05) is 0 Å². The summed E-state index contributed by atoms with van der Waals surface area (Å²) in [6.45, 7) is 8.03. The van der Waals surface area contributed by atoms with Crippen molar-refractivity contribution in [1.29, 1.82) is 0 Å². The van der Waals surface area contributed by atoms with E-state index in [1.54, 1.807) is 7.11 Å². The minimum Gasteiger partial charge on any atom is -0.378 e. The van der Waals surface area contributed by atoms with Crippen molar-refractivity contribution in [1.82, 2.24) is 10.3 Å². The normalized spacial score (nSPS) is 28.5. The summed E-state index contributed by atoms with van der Waals surface area (Å²) in [6, 6.07) is 0. The molecule has 2 saturated heterocycles. The molecule has 0 aliphatic carbocycles. The molecule has 1 aromatic rings. The third kappa shape index (κ3) is 3.47. The Balaban J connectivity index is 1.76. The predicted molar refractivity (Wildman–Crippen MR) is 84.7 cm³/mol. The summed E-state index contributed by atoms with van der Waals surface area (Å²) >= 11 is 1.84. The summed E-state index contributed by atoms with van der Waals surface area (Å²) in [5.74, 6) is 0.507. The van der Waals surface area contributed by atoms with E-state index in [1.165, 1.54) is 22.7 Å². The van der Waals surface area contributed by atoms with E-state index < -0.39 is 0 Å². The third-order valence-electron chi connectivity index (χ3n) is 4.28. The highest BCUT2D eigenvalue weighted by Gasteiger charge is 2.43. The second kappa shape index (κ2) is 5.95. The summed E-state index contributed by atoms with van der Waals surface area (Å²) in [5.41, 5.74) is 1.21. The van der Waals surface area contributed by atoms with Gasteiger partial charge < -0.3 is 14.8 Å². The van der Waals surface area contributed by atoms with Crippen LogP contribution in [0.3, 0.4) is 0 Å². The van der Waals surface area contributed by atoms with Gasteiger partial charge in [0.15, 0.2) is 0 Å². The molecule has 4 nitrogen and oxygen atoms in total. The Kier molecular flexibility index (Phi) is 4.37. The first-order valence-electron chi connectivity index (χ1n) is 7.84. The Morgan fingerprint density at radius 2 is 2.19 bits per heavy atom. The Labute approximate surface area is 131 Å². The maximum absolute atomic E-state index is 5.98. The van der Waals surface area contributed by atoms with Gasteiger partial charge in [0.1, 0.15) is 0 Å². The molecule has 5 heteroatoms. The predicted octanol–water partition coefficient (Wildman–Crippen LogP) is 3.21. The molecule has 0 saturated carbocycles. The minimum atomic E-state index is 0.115. The van der Waals surface area contributed by atoms with Crippen molar-refractivity contribution >= 4 is 11.3 Å². The number of fused-ring (bicyclic) bond motifs is 2. The lowest BCUT2D eigenvalue weighted by atomic mass is 9.90. The zero-order valence-electron chi connectivity index (χ0n) is 13.4. The molecule has 2 bridgehead atoms. The molecular weight excluding hydrogens is 284 g/mol. The second-order valence-corrected chi connectivity index (χ2v) is 8.29. The summed E-state index contributed by atoms with van der Waals surface area (Å²) in [7, 11) is 1.74. The molecule has 0 aromatic carbocycles. The lowest BCUT2D eigenvalue weighted by molar-refractivity contribution is 0.100. The fourth-order valence-corrected chi connectivity index (χ4v) is 4.37. The summed E-state index contributed by atoms with van der Waals surface area (Å²) < 4.78 is 11.3. The van der Waals surface area contributed by atoms with Crippen LogP contribution in [0.4, 0.5) is 0 Å². The number of thiazole rings is 1. The van der Waals surface area contributed by atoms with Crippen molar-refractivity contribution in [2.24, 2.45) is 0 Å². The molecule has 1 N–H and O–H groups in total. The molecule has 2 aliphatic heterocycles. The van der Waals surface area contributed by atoms with Crippen LogP contribution in [-0.2, 0) is 22.6 Å². The van der Waals surface area contributed by atoms with Crippen LogP contribution >= 0.6 is 11.3 Å². The fraction of sp³-hybridized carbons (Fsp3) is 0.812. The zero-order chi connectivity index (χ0) is 15.0. The van der Waals surface area contributed by atoms with Crippen molar-refractivity contribution in [3.8, 4) is 0 Å². The van der Waals surface area contributed by atoms with Crippen LogP contribution in [0.15, 0.2) is 0 Å². The van der Waals surface area contributed by atoms with E-state index in [0.29, 0.717) is 24.7 Å². The number of ether oxygens (including phenoxy) is 2. The Morgan fingerprint density at radius 3 is 2.76 bits per heavy atom. The first-order chi connectivity index (χ1) is 9.96. The second-order valence-electron chi connectivity index (χ2n) is 7.17. The minimum absolute atomic E-state index is 0.115. The lowest BCUT2D eigenvalue weighted by Gasteiger charge is -2.20. The van der Waals surface area contributed by atoms with Gasteiger partial charge in [-0.25, -0.2) is 4.98 Å². The molecule has 1 aromatic heterocycles. The first kappa shape index (κ1) is 15.4. The lowest BCUT2D eigenvalue weighted by Crippen LogP contribution is -2.35. The molecule has 0 spiro atoms. The summed E-state index contributed by atoms with van der Waals surface area (Å²) in [4.78, 5) is 6.18. The van der Waals surface area contributed by atoms with Gasteiger partial charge in [0.05, 0.1) is 29.5 Å². The smallest absolute Gasteiger partial charge is 0.0990 e. The monoisotopic (exact) mass is 310 g/mol. The largest absolute Gasteiger partial charge is 0.378 e. The van der Waals surface area contributed by atoms with E-state index in [9.17, 15) is 0 Å². The van der Waals surface area contributed by atoms with Crippen LogP contribution in [0.2, 0.25) is 0 Å². The van der Waals surface area contributed by atoms with Gasteiger partial charge in [0.2, 0.25) is 0 Å². The third-order valence-corrected chi connectivity index (χ3v) is 5.51. The summed E-state index contributed by atoms with van der Waals surface area (Å²) in [6.07, 6.45) is 4.46. The number of aromatic nitrogens is 1. The van der Waals surface area contributed by atoms with E-state index in [1.807, 2.05) is 11.3 Å². The standard InChI is InChI=1S/C16H26N2O2S/c1-16(2,3)17-8-14-12(9-19-4)18-15(21-14)11-7-10-5-6-13(11)20-10/h10-11,13,17H,5-9H2,1-4H3. The number of methoxy groups -OCH3 is 1. The SMILES string of the molecule is COCc1nc(C2CC3CCC2O3)sc1CNC(C)(C)C. The topological polar surface area (TPSA) is 43.4 Å². The van der Waals surface area contributed by atoms with Crippen LogP contribution in [0.25, 0.3) is 0 Å². The van der Waals surface area contributed by atoms with Crippen molar-refractivity contribution in [3.05, 3.63) is 15.6 Å². The number of hydrogen-bond acceptors (Lipinski definition) is 5. The molecule has 2 aliphatic rings. The van der Waals surface area contributed by atoms with E-state index in [4.69, 9.17) is 14.5 Å². The number of nitrogens with zero attached hydrogens (tertiary/aromatic N) is 1. The van der Waals surface area contributed by atoms with Crippen LogP contribution < -0.4 is 5.32 Å².